The minimum atomic E-state index is -1.05. The van der Waals surface area contributed by atoms with Crippen LogP contribution in [0.3, 0.4) is 0 Å². The summed E-state index contributed by atoms with van der Waals surface area (Å²) in [6.45, 7) is 1.92. The number of rotatable bonds is 3. The van der Waals surface area contributed by atoms with Crippen LogP contribution in [0.1, 0.15) is 21.8 Å². The summed E-state index contributed by atoms with van der Waals surface area (Å²) in [5, 5.41) is 21.1. The number of aliphatic hydroxyl groups is 1. The molecule has 2 rings (SSSR count). The smallest absolute Gasteiger partial charge is 0.358 e. The number of fused-ring (bicyclic) bond motifs is 1. The molecule has 2 heterocycles. The molecule has 6 heteroatoms. The Morgan fingerprint density at radius 1 is 1.60 bits per heavy atom. The maximum Gasteiger partial charge on any atom is 0.358 e. The predicted molar refractivity (Wildman–Crippen MR) is 49.5 cm³/mol. The zero-order valence-corrected chi connectivity index (χ0v) is 8.14. The van der Waals surface area contributed by atoms with Gasteiger partial charge in [-0.1, -0.05) is 5.16 Å². The molecule has 0 fully saturated rings. The second kappa shape index (κ2) is 4.00. The molecule has 0 atom stereocenters. The van der Waals surface area contributed by atoms with E-state index in [4.69, 9.17) is 14.7 Å². The van der Waals surface area contributed by atoms with Crippen LogP contribution in [0.4, 0.5) is 0 Å². The van der Waals surface area contributed by atoms with Crippen LogP contribution in [0, 0.1) is 0 Å². The summed E-state index contributed by atoms with van der Waals surface area (Å²) in [4.78, 5) is 12.8. The molecule has 15 heavy (non-hydrogen) atoms. The fraction of sp³-hybridized carbons (Fsp3) is 0.556. The molecule has 0 bridgehead atoms. The normalized spacial score (nSPS) is 16.3. The Kier molecular flexibility index (Phi) is 2.70. The molecule has 1 aliphatic heterocycles. The number of hydrogen-bond donors (Lipinski definition) is 2. The molecule has 1 aromatic rings. The molecule has 6 nitrogen and oxygen atoms in total. The fourth-order valence-electron chi connectivity index (χ4n) is 1.78. The Morgan fingerprint density at radius 3 is 3.07 bits per heavy atom. The lowest BCUT2D eigenvalue weighted by molar-refractivity contribution is 0.0684. The quantitative estimate of drug-likeness (QED) is 0.716. The van der Waals surface area contributed by atoms with Crippen molar-refractivity contribution in [3.63, 3.8) is 0 Å². The molecule has 1 aliphatic rings. The topological polar surface area (TPSA) is 86.8 Å². The number of carboxylic acids is 1. The van der Waals surface area contributed by atoms with Gasteiger partial charge in [-0.3, -0.25) is 4.90 Å². The van der Waals surface area contributed by atoms with Crippen LogP contribution in [0.2, 0.25) is 0 Å². The van der Waals surface area contributed by atoms with Crippen LogP contribution in [0.15, 0.2) is 4.52 Å². The molecule has 0 spiro atoms. The Morgan fingerprint density at radius 2 is 2.40 bits per heavy atom. The van der Waals surface area contributed by atoms with Crippen molar-refractivity contribution >= 4 is 5.97 Å². The van der Waals surface area contributed by atoms with Gasteiger partial charge in [-0.25, -0.2) is 4.79 Å². The number of hydrogen-bond acceptors (Lipinski definition) is 5. The van der Waals surface area contributed by atoms with Gasteiger partial charge in [-0.05, 0) is 6.42 Å². The molecule has 0 aliphatic carbocycles. The third-order valence-electron chi connectivity index (χ3n) is 2.53. The van der Waals surface area contributed by atoms with E-state index in [9.17, 15) is 4.79 Å². The van der Waals surface area contributed by atoms with Crippen molar-refractivity contribution in [1.82, 2.24) is 10.1 Å². The van der Waals surface area contributed by atoms with E-state index >= 15 is 0 Å². The van der Waals surface area contributed by atoms with Crippen LogP contribution < -0.4 is 0 Å². The van der Waals surface area contributed by atoms with Gasteiger partial charge < -0.3 is 14.7 Å². The maximum absolute atomic E-state index is 10.8. The van der Waals surface area contributed by atoms with Gasteiger partial charge in [0.15, 0.2) is 11.5 Å². The first-order chi connectivity index (χ1) is 7.22. The van der Waals surface area contributed by atoms with Crippen molar-refractivity contribution < 1.29 is 19.5 Å². The van der Waals surface area contributed by atoms with Crippen LogP contribution in [-0.2, 0) is 13.0 Å². The average molecular weight is 212 g/mol. The number of nitrogens with zero attached hydrogens (tertiary/aromatic N) is 2. The molecule has 0 aromatic carbocycles. The summed E-state index contributed by atoms with van der Waals surface area (Å²) in [6, 6.07) is 0. The van der Waals surface area contributed by atoms with Gasteiger partial charge in [0.25, 0.3) is 0 Å². The van der Waals surface area contributed by atoms with Crippen LogP contribution in [-0.4, -0.2) is 45.9 Å². The Labute approximate surface area is 86.1 Å². The monoisotopic (exact) mass is 212 g/mol. The highest BCUT2D eigenvalue weighted by molar-refractivity contribution is 5.87. The van der Waals surface area contributed by atoms with Crippen molar-refractivity contribution in [2.24, 2.45) is 0 Å². The summed E-state index contributed by atoms with van der Waals surface area (Å²) < 4.78 is 4.97. The molecular formula is C9H12N2O4. The summed E-state index contributed by atoms with van der Waals surface area (Å²) in [6.07, 6.45) is 0.612. The molecule has 2 N–H and O–H groups in total. The molecule has 1 aromatic heterocycles. The summed E-state index contributed by atoms with van der Waals surface area (Å²) in [7, 11) is 0. The number of carbonyl (C=O) groups is 1. The van der Waals surface area contributed by atoms with Gasteiger partial charge in [-0.15, -0.1) is 0 Å². The molecular weight excluding hydrogens is 200 g/mol. The van der Waals surface area contributed by atoms with E-state index in [1.807, 2.05) is 4.90 Å². The lowest BCUT2D eigenvalue weighted by atomic mass is 10.1. The van der Waals surface area contributed by atoms with E-state index < -0.39 is 5.97 Å². The van der Waals surface area contributed by atoms with Crippen molar-refractivity contribution in [2.45, 2.75) is 13.0 Å². The van der Waals surface area contributed by atoms with Gasteiger partial charge in [-0.2, -0.15) is 0 Å². The van der Waals surface area contributed by atoms with Gasteiger partial charge >= 0.3 is 5.97 Å². The zero-order chi connectivity index (χ0) is 10.8. The van der Waals surface area contributed by atoms with E-state index in [1.165, 1.54) is 0 Å². The lowest BCUT2D eigenvalue weighted by Gasteiger charge is -2.24. The number of β-amino-alcohol motifs (C(OH)–C–C–N with tert-alkyl or cyclic N) is 1. The standard InChI is InChI=1S/C9H12N2O4/c12-4-3-11-2-1-6-7(5-11)15-10-8(6)9(13)14/h12H,1-5H2,(H,13,14). The highest BCUT2D eigenvalue weighted by Crippen LogP contribution is 2.21. The van der Waals surface area contributed by atoms with E-state index in [2.05, 4.69) is 5.16 Å². The fourth-order valence-corrected chi connectivity index (χ4v) is 1.78. The van der Waals surface area contributed by atoms with Crippen molar-refractivity contribution in [2.75, 3.05) is 19.7 Å². The third kappa shape index (κ3) is 1.86. The summed E-state index contributed by atoms with van der Waals surface area (Å²) in [5.41, 5.74) is 0.713. The van der Waals surface area contributed by atoms with Crippen molar-refractivity contribution in [3.05, 3.63) is 17.0 Å². The maximum atomic E-state index is 10.8. The molecule has 0 radical (unpaired) electrons. The molecule has 82 valence electrons. The number of aromatic nitrogens is 1. The second-order valence-electron chi connectivity index (χ2n) is 3.49. The predicted octanol–water partition coefficient (Wildman–Crippen LogP) is -0.277. The molecule has 0 saturated carbocycles. The second-order valence-corrected chi connectivity index (χ2v) is 3.49. The first kappa shape index (κ1) is 10.1. The largest absolute Gasteiger partial charge is 0.476 e. The Bertz CT molecular complexity index is 374. The minimum absolute atomic E-state index is 0.0219. The Hall–Kier alpha value is -1.40. The van der Waals surface area contributed by atoms with E-state index in [-0.39, 0.29) is 12.3 Å². The van der Waals surface area contributed by atoms with Gasteiger partial charge in [0.1, 0.15) is 0 Å². The zero-order valence-electron chi connectivity index (χ0n) is 8.14. The van der Waals surface area contributed by atoms with Crippen molar-refractivity contribution in [1.29, 1.82) is 0 Å². The highest BCUT2D eigenvalue weighted by Gasteiger charge is 2.26. The Balaban J connectivity index is 2.18. The van der Waals surface area contributed by atoms with Crippen LogP contribution >= 0.6 is 0 Å². The first-order valence-corrected chi connectivity index (χ1v) is 4.76. The minimum Gasteiger partial charge on any atom is -0.476 e. The van der Waals surface area contributed by atoms with Gasteiger partial charge in [0.2, 0.25) is 0 Å². The van der Waals surface area contributed by atoms with E-state index in [0.717, 1.165) is 6.54 Å². The number of aromatic carboxylic acids is 1. The van der Waals surface area contributed by atoms with E-state index in [1.54, 1.807) is 0 Å². The van der Waals surface area contributed by atoms with Crippen molar-refractivity contribution in [3.8, 4) is 0 Å². The van der Waals surface area contributed by atoms with Crippen LogP contribution in [0.25, 0.3) is 0 Å². The highest BCUT2D eigenvalue weighted by atomic mass is 16.5. The third-order valence-corrected chi connectivity index (χ3v) is 2.53. The molecule has 0 unspecified atom stereocenters. The van der Waals surface area contributed by atoms with Gasteiger partial charge in [0.05, 0.1) is 13.2 Å². The molecule has 0 amide bonds. The summed E-state index contributed by atoms with van der Waals surface area (Å²) >= 11 is 0. The number of aliphatic hydroxyl groups excluding tert-OH is 1. The van der Waals surface area contributed by atoms with E-state index in [0.29, 0.717) is 30.8 Å². The van der Waals surface area contributed by atoms with Gasteiger partial charge in [0, 0.05) is 18.7 Å². The molecule has 0 saturated heterocycles. The average Bonchev–Trinajstić information content (AvgIpc) is 2.61. The number of carboxylic acid groups (broad SMARTS) is 1. The first-order valence-electron chi connectivity index (χ1n) is 4.76. The lowest BCUT2D eigenvalue weighted by Crippen LogP contribution is -2.32. The SMILES string of the molecule is O=C(O)c1noc2c1CCN(CCO)C2. The van der Waals surface area contributed by atoms with Crippen LogP contribution in [0.5, 0.6) is 0 Å². The summed E-state index contributed by atoms with van der Waals surface area (Å²) in [5.74, 6) is -0.442.